The van der Waals surface area contributed by atoms with Crippen LogP contribution in [-0.4, -0.2) is 29.3 Å². The largest absolute Gasteiger partial charge is 0.354 e. The van der Waals surface area contributed by atoms with Crippen molar-refractivity contribution in [1.29, 1.82) is 0 Å². The summed E-state index contributed by atoms with van der Waals surface area (Å²) in [5.74, 6) is -0.769. The lowest BCUT2D eigenvalue weighted by Crippen LogP contribution is -2.48. The number of rotatable bonds is 9. The molecule has 3 aromatic carbocycles. The summed E-state index contributed by atoms with van der Waals surface area (Å²) in [6, 6.07) is 22.2. The molecule has 0 aromatic heterocycles. The fourth-order valence-electron chi connectivity index (χ4n) is 3.37. The standard InChI is InChI=1S/C26H26ClFN2O2/c1-19(26(32)29-16-15-20-5-3-2-4-6-20)30(18-22-9-13-24(28)14-10-22)25(31)17-21-7-11-23(27)12-8-21/h2-14,19H,15-18H2,1H3,(H,29,32)/t19-/m0/s1. The summed E-state index contributed by atoms with van der Waals surface area (Å²) in [5, 5.41) is 3.52. The second kappa shape index (κ2) is 11.4. The maximum Gasteiger partial charge on any atom is 0.242 e. The molecule has 4 nitrogen and oxygen atoms in total. The summed E-state index contributed by atoms with van der Waals surface area (Å²) in [6.45, 7) is 2.39. The van der Waals surface area contributed by atoms with Gasteiger partial charge in [0.05, 0.1) is 6.42 Å². The van der Waals surface area contributed by atoms with E-state index in [4.69, 9.17) is 11.6 Å². The van der Waals surface area contributed by atoms with Crippen molar-refractivity contribution in [2.75, 3.05) is 6.54 Å². The van der Waals surface area contributed by atoms with Crippen LogP contribution >= 0.6 is 11.6 Å². The smallest absolute Gasteiger partial charge is 0.242 e. The summed E-state index contributed by atoms with van der Waals surface area (Å²) in [6.07, 6.45) is 0.843. The SMILES string of the molecule is C[C@@H](C(=O)NCCc1ccccc1)N(Cc1ccc(F)cc1)C(=O)Cc1ccc(Cl)cc1. The Hall–Kier alpha value is -3.18. The monoisotopic (exact) mass is 452 g/mol. The highest BCUT2D eigenvalue weighted by molar-refractivity contribution is 6.30. The third kappa shape index (κ3) is 6.92. The molecule has 6 heteroatoms. The van der Waals surface area contributed by atoms with E-state index in [1.54, 1.807) is 43.3 Å². The molecule has 2 amide bonds. The van der Waals surface area contributed by atoms with Gasteiger partial charge >= 0.3 is 0 Å². The molecular weight excluding hydrogens is 427 g/mol. The van der Waals surface area contributed by atoms with Crippen molar-refractivity contribution in [2.45, 2.75) is 32.4 Å². The topological polar surface area (TPSA) is 49.4 Å². The average molecular weight is 453 g/mol. The fraction of sp³-hybridized carbons (Fsp3) is 0.231. The highest BCUT2D eigenvalue weighted by Gasteiger charge is 2.26. The Morgan fingerprint density at radius 2 is 1.53 bits per heavy atom. The van der Waals surface area contributed by atoms with Crippen molar-refractivity contribution in [3.8, 4) is 0 Å². The summed E-state index contributed by atoms with van der Waals surface area (Å²) in [5.41, 5.74) is 2.68. The molecule has 0 unspecified atom stereocenters. The van der Waals surface area contributed by atoms with Gasteiger partial charge in [-0.25, -0.2) is 4.39 Å². The zero-order valence-corrected chi connectivity index (χ0v) is 18.7. The van der Waals surface area contributed by atoms with E-state index in [1.165, 1.54) is 17.0 Å². The highest BCUT2D eigenvalue weighted by atomic mass is 35.5. The molecule has 3 aromatic rings. The molecule has 3 rings (SSSR count). The molecule has 1 atom stereocenters. The lowest BCUT2D eigenvalue weighted by atomic mass is 10.1. The lowest BCUT2D eigenvalue weighted by molar-refractivity contribution is -0.140. The number of nitrogens with zero attached hydrogens (tertiary/aromatic N) is 1. The van der Waals surface area contributed by atoms with Gasteiger partial charge in [-0.2, -0.15) is 0 Å². The Labute approximate surface area is 193 Å². The molecule has 0 aliphatic heterocycles. The van der Waals surface area contributed by atoms with E-state index in [9.17, 15) is 14.0 Å². The summed E-state index contributed by atoms with van der Waals surface area (Å²) in [4.78, 5) is 27.5. The number of carbonyl (C=O) groups excluding carboxylic acids is 2. The van der Waals surface area contributed by atoms with Crippen LogP contribution < -0.4 is 5.32 Å². The highest BCUT2D eigenvalue weighted by Crippen LogP contribution is 2.15. The van der Waals surface area contributed by atoms with Gasteiger partial charge in [0, 0.05) is 18.1 Å². The Morgan fingerprint density at radius 1 is 0.906 bits per heavy atom. The first-order valence-electron chi connectivity index (χ1n) is 10.5. The van der Waals surface area contributed by atoms with Gasteiger partial charge in [-0.05, 0) is 54.3 Å². The van der Waals surface area contributed by atoms with E-state index >= 15 is 0 Å². The minimum absolute atomic E-state index is 0.139. The molecular formula is C26H26ClFN2O2. The first kappa shape index (κ1) is 23.5. The van der Waals surface area contributed by atoms with Crippen LogP contribution in [0.2, 0.25) is 5.02 Å². The summed E-state index contributed by atoms with van der Waals surface area (Å²) >= 11 is 5.94. The number of benzene rings is 3. The molecule has 0 radical (unpaired) electrons. The Kier molecular flexibility index (Phi) is 8.40. The van der Waals surface area contributed by atoms with Crippen LogP contribution in [-0.2, 0) is 29.0 Å². The number of amides is 2. The van der Waals surface area contributed by atoms with Crippen LogP contribution in [0.15, 0.2) is 78.9 Å². The Balaban J connectivity index is 1.69. The lowest BCUT2D eigenvalue weighted by Gasteiger charge is -2.29. The first-order valence-corrected chi connectivity index (χ1v) is 10.9. The average Bonchev–Trinajstić information content (AvgIpc) is 2.80. The Morgan fingerprint density at radius 3 is 2.19 bits per heavy atom. The van der Waals surface area contributed by atoms with Gasteiger partial charge < -0.3 is 10.2 Å². The van der Waals surface area contributed by atoms with Gasteiger partial charge in [-0.1, -0.05) is 66.2 Å². The van der Waals surface area contributed by atoms with Crippen molar-refractivity contribution in [2.24, 2.45) is 0 Å². The summed E-state index contributed by atoms with van der Waals surface area (Å²) < 4.78 is 13.3. The molecule has 0 heterocycles. The van der Waals surface area contributed by atoms with E-state index in [2.05, 4.69) is 5.32 Å². The normalized spacial score (nSPS) is 11.6. The second-order valence-electron chi connectivity index (χ2n) is 7.65. The number of hydrogen-bond donors (Lipinski definition) is 1. The van der Waals surface area contributed by atoms with Gasteiger partial charge in [-0.3, -0.25) is 9.59 Å². The van der Waals surface area contributed by atoms with Gasteiger partial charge in [0.15, 0.2) is 0 Å². The molecule has 32 heavy (non-hydrogen) atoms. The van der Waals surface area contributed by atoms with E-state index in [0.717, 1.165) is 16.7 Å². The van der Waals surface area contributed by atoms with Crippen molar-refractivity contribution >= 4 is 23.4 Å². The van der Waals surface area contributed by atoms with E-state index in [1.807, 2.05) is 30.3 Å². The molecule has 166 valence electrons. The minimum Gasteiger partial charge on any atom is -0.354 e. The molecule has 0 aliphatic rings. The first-order chi connectivity index (χ1) is 15.4. The second-order valence-corrected chi connectivity index (χ2v) is 8.09. The van der Waals surface area contributed by atoms with E-state index in [0.29, 0.717) is 18.0 Å². The molecule has 0 bridgehead atoms. The maximum atomic E-state index is 13.3. The van der Waals surface area contributed by atoms with Crippen molar-refractivity contribution in [3.05, 3.63) is 106 Å². The third-order valence-electron chi connectivity index (χ3n) is 5.26. The number of hydrogen-bond acceptors (Lipinski definition) is 2. The molecule has 0 aliphatic carbocycles. The van der Waals surface area contributed by atoms with Gasteiger partial charge in [-0.15, -0.1) is 0 Å². The molecule has 0 spiro atoms. The predicted octanol–water partition coefficient (Wildman–Crippen LogP) is 4.80. The fourth-order valence-corrected chi connectivity index (χ4v) is 3.50. The zero-order valence-electron chi connectivity index (χ0n) is 17.9. The van der Waals surface area contributed by atoms with Crippen LogP contribution in [0, 0.1) is 5.82 Å². The molecule has 0 saturated carbocycles. The minimum atomic E-state index is -0.685. The van der Waals surface area contributed by atoms with Crippen molar-refractivity contribution in [3.63, 3.8) is 0 Å². The molecule has 0 fully saturated rings. The number of nitrogens with one attached hydrogen (secondary N) is 1. The van der Waals surface area contributed by atoms with E-state index < -0.39 is 6.04 Å². The van der Waals surface area contributed by atoms with E-state index in [-0.39, 0.29) is 30.6 Å². The molecule has 1 N–H and O–H groups in total. The van der Waals surface area contributed by atoms with Gasteiger partial charge in [0.25, 0.3) is 0 Å². The Bertz CT molecular complexity index is 1020. The van der Waals surface area contributed by atoms with Crippen LogP contribution in [0.25, 0.3) is 0 Å². The molecule has 0 saturated heterocycles. The van der Waals surface area contributed by atoms with Crippen molar-refractivity contribution in [1.82, 2.24) is 10.2 Å². The van der Waals surface area contributed by atoms with Crippen LogP contribution in [0.3, 0.4) is 0 Å². The van der Waals surface area contributed by atoms with Crippen LogP contribution in [0.4, 0.5) is 4.39 Å². The maximum absolute atomic E-state index is 13.3. The summed E-state index contributed by atoms with van der Waals surface area (Å²) in [7, 11) is 0. The van der Waals surface area contributed by atoms with Gasteiger partial charge in [0.2, 0.25) is 11.8 Å². The number of halogens is 2. The van der Waals surface area contributed by atoms with Crippen molar-refractivity contribution < 1.29 is 14.0 Å². The van der Waals surface area contributed by atoms with Crippen LogP contribution in [0.1, 0.15) is 23.6 Å². The number of carbonyl (C=O) groups is 2. The zero-order chi connectivity index (χ0) is 22.9. The third-order valence-corrected chi connectivity index (χ3v) is 5.51. The predicted molar refractivity (Wildman–Crippen MR) is 125 cm³/mol. The van der Waals surface area contributed by atoms with Gasteiger partial charge in [0.1, 0.15) is 11.9 Å². The van der Waals surface area contributed by atoms with Crippen LogP contribution in [0.5, 0.6) is 0 Å². The quantitative estimate of drug-likeness (QED) is 0.507.